The van der Waals surface area contributed by atoms with Gasteiger partial charge in [-0.15, -0.1) is 23.5 Å². The van der Waals surface area contributed by atoms with Crippen molar-refractivity contribution in [3.8, 4) is 0 Å². The van der Waals surface area contributed by atoms with Crippen LogP contribution in [0.3, 0.4) is 0 Å². The summed E-state index contributed by atoms with van der Waals surface area (Å²) >= 11 is 3.68. The number of thioether (sulfide) groups is 2. The summed E-state index contributed by atoms with van der Waals surface area (Å²) in [5, 5.41) is 9.66. The van der Waals surface area contributed by atoms with E-state index in [0.29, 0.717) is 17.8 Å². The van der Waals surface area contributed by atoms with Crippen molar-refractivity contribution in [1.29, 1.82) is 0 Å². The van der Waals surface area contributed by atoms with E-state index in [2.05, 4.69) is 36.4 Å². The molecule has 0 saturated heterocycles. The molecule has 0 fully saturated rings. The predicted octanol–water partition coefficient (Wildman–Crippen LogP) is 4.04. The lowest BCUT2D eigenvalue weighted by Crippen LogP contribution is -2.22. The predicted molar refractivity (Wildman–Crippen MR) is 88.6 cm³/mol. The smallest absolute Gasteiger partial charge is 0.0717 e. The molecule has 1 N–H and O–H groups in total. The average molecular weight is 318 g/mol. The molecule has 1 aliphatic rings. The average Bonchev–Trinajstić information content (AvgIpc) is 2.96. The maximum absolute atomic E-state index is 9.66. The van der Waals surface area contributed by atoms with Crippen LogP contribution >= 0.6 is 23.5 Å². The van der Waals surface area contributed by atoms with Crippen molar-refractivity contribution < 1.29 is 9.84 Å². The van der Waals surface area contributed by atoms with E-state index in [-0.39, 0.29) is 12.5 Å². The molecule has 2 aromatic rings. The summed E-state index contributed by atoms with van der Waals surface area (Å²) in [7, 11) is 0. The van der Waals surface area contributed by atoms with E-state index in [4.69, 9.17) is 4.74 Å². The van der Waals surface area contributed by atoms with Crippen LogP contribution in [0.5, 0.6) is 0 Å². The van der Waals surface area contributed by atoms with E-state index in [1.165, 1.54) is 15.4 Å². The number of hydrogen-bond acceptors (Lipinski definition) is 4. The van der Waals surface area contributed by atoms with E-state index in [1.807, 2.05) is 41.7 Å². The summed E-state index contributed by atoms with van der Waals surface area (Å²) in [4.78, 5) is 2.63. The van der Waals surface area contributed by atoms with Gasteiger partial charge in [0.15, 0.2) is 0 Å². The zero-order valence-corrected chi connectivity index (χ0v) is 13.3. The second-order valence-electron chi connectivity index (χ2n) is 4.99. The third-order valence-electron chi connectivity index (χ3n) is 3.40. The van der Waals surface area contributed by atoms with Crippen LogP contribution in [0.15, 0.2) is 64.4 Å². The molecule has 0 aliphatic carbocycles. The van der Waals surface area contributed by atoms with Gasteiger partial charge in [0, 0.05) is 22.3 Å². The zero-order chi connectivity index (χ0) is 14.5. The Morgan fingerprint density at radius 1 is 0.952 bits per heavy atom. The second-order valence-corrected chi connectivity index (χ2v) is 7.66. The number of rotatable bonds is 6. The van der Waals surface area contributed by atoms with Crippen LogP contribution in [-0.4, -0.2) is 22.9 Å². The highest BCUT2D eigenvalue weighted by Gasteiger charge is 2.29. The van der Waals surface area contributed by atoms with Crippen molar-refractivity contribution >= 4 is 23.5 Å². The minimum absolute atomic E-state index is 0.149. The maximum atomic E-state index is 9.66. The van der Waals surface area contributed by atoms with E-state index >= 15 is 0 Å². The first kappa shape index (κ1) is 15.0. The minimum atomic E-state index is 0.149. The van der Waals surface area contributed by atoms with Crippen molar-refractivity contribution in [2.24, 2.45) is 5.92 Å². The van der Waals surface area contributed by atoms with Crippen molar-refractivity contribution in [2.45, 2.75) is 21.0 Å². The second kappa shape index (κ2) is 7.36. The molecule has 1 aliphatic heterocycles. The maximum Gasteiger partial charge on any atom is 0.0717 e. The van der Waals surface area contributed by atoms with Gasteiger partial charge < -0.3 is 9.84 Å². The number of benzene rings is 2. The molecule has 2 nitrogen and oxygen atoms in total. The fourth-order valence-electron chi connectivity index (χ4n) is 2.23. The molecule has 0 radical (unpaired) electrons. The van der Waals surface area contributed by atoms with Gasteiger partial charge in [0.05, 0.1) is 17.8 Å². The highest BCUT2D eigenvalue weighted by molar-refractivity contribution is 8.19. The molecule has 1 heterocycles. The highest BCUT2D eigenvalue weighted by Crippen LogP contribution is 2.50. The molecule has 110 valence electrons. The van der Waals surface area contributed by atoms with Crippen LogP contribution in [0.25, 0.3) is 0 Å². The van der Waals surface area contributed by atoms with Crippen molar-refractivity contribution in [3.63, 3.8) is 0 Å². The van der Waals surface area contributed by atoms with Crippen LogP contribution in [-0.2, 0) is 11.3 Å². The molecule has 0 saturated carbocycles. The van der Waals surface area contributed by atoms with E-state index in [0.717, 1.165) is 0 Å². The lowest BCUT2D eigenvalue weighted by atomic mass is 10.2. The highest BCUT2D eigenvalue weighted by atomic mass is 32.2. The van der Waals surface area contributed by atoms with Crippen LogP contribution < -0.4 is 0 Å². The van der Waals surface area contributed by atoms with Crippen molar-refractivity contribution in [3.05, 3.63) is 60.2 Å². The van der Waals surface area contributed by atoms with Gasteiger partial charge in [-0.05, 0) is 17.7 Å². The Morgan fingerprint density at radius 2 is 1.57 bits per heavy atom. The normalized spacial score (nSPS) is 15.9. The van der Waals surface area contributed by atoms with Gasteiger partial charge in [-0.1, -0.05) is 42.5 Å². The van der Waals surface area contributed by atoms with Gasteiger partial charge in [-0.25, -0.2) is 0 Å². The van der Waals surface area contributed by atoms with Gasteiger partial charge in [0.25, 0.3) is 0 Å². The third kappa shape index (κ3) is 3.83. The summed E-state index contributed by atoms with van der Waals surface area (Å²) in [6, 6.07) is 18.6. The topological polar surface area (TPSA) is 29.5 Å². The molecule has 3 rings (SSSR count). The SMILES string of the molecule is OC[C@H](COCc1ccccc1)C1Sc2ccccc2S1. The van der Waals surface area contributed by atoms with Gasteiger partial charge in [0.1, 0.15) is 0 Å². The first-order valence-electron chi connectivity index (χ1n) is 7.01. The van der Waals surface area contributed by atoms with Crippen LogP contribution in [0.2, 0.25) is 0 Å². The Bertz CT molecular complexity index is 549. The molecule has 0 bridgehead atoms. The monoisotopic (exact) mass is 318 g/mol. The number of aliphatic hydroxyl groups is 1. The Balaban J connectivity index is 1.52. The minimum Gasteiger partial charge on any atom is -0.396 e. The standard InChI is InChI=1S/C17H18O2S2/c18-10-14(12-19-11-13-6-2-1-3-7-13)17-20-15-8-4-5-9-16(15)21-17/h1-9,14,17-18H,10-12H2/t14-/m1/s1. The Hall–Kier alpha value is -0.940. The molecule has 4 heteroatoms. The van der Waals surface area contributed by atoms with E-state index in [9.17, 15) is 5.11 Å². The number of aliphatic hydroxyl groups excluding tert-OH is 1. The van der Waals surface area contributed by atoms with Crippen molar-refractivity contribution in [1.82, 2.24) is 0 Å². The zero-order valence-electron chi connectivity index (χ0n) is 11.6. The van der Waals surface area contributed by atoms with Crippen molar-refractivity contribution in [2.75, 3.05) is 13.2 Å². The molecule has 0 spiro atoms. The fraction of sp³-hybridized carbons (Fsp3) is 0.294. The molecular formula is C17H18O2S2. The molecule has 1 atom stereocenters. The molecule has 0 amide bonds. The van der Waals surface area contributed by atoms with Gasteiger partial charge in [-0.2, -0.15) is 0 Å². The van der Waals surface area contributed by atoms with Crippen LogP contribution in [0.4, 0.5) is 0 Å². The molecule has 0 unspecified atom stereocenters. The van der Waals surface area contributed by atoms with E-state index in [1.54, 1.807) is 0 Å². The fourth-order valence-corrected chi connectivity index (χ4v) is 5.23. The Kier molecular flexibility index (Phi) is 5.25. The van der Waals surface area contributed by atoms with Crippen LogP contribution in [0.1, 0.15) is 5.56 Å². The van der Waals surface area contributed by atoms with E-state index < -0.39 is 0 Å². The number of hydrogen-bond donors (Lipinski definition) is 1. The summed E-state index contributed by atoms with van der Waals surface area (Å²) < 4.78 is 6.13. The molecule has 21 heavy (non-hydrogen) atoms. The first-order chi connectivity index (χ1) is 10.4. The van der Waals surface area contributed by atoms with Gasteiger partial charge in [0.2, 0.25) is 0 Å². The molecular weight excluding hydrogens is 300 g/mol. The summed E-state index contributed by atoms with van der Waals surface area (Å²) in [5.41, 5.74) is 1.17. The van der Waals surface area contributed by atoms with Gasteiger partial charge in [-0.3, -0.25) is 0 Å². The number of ether oxygens (including phenoxy) is 1. The lowest BCUT2D eigenvalue weighted by Gasteiger charge is -2.19. The summed E-state index contributed by atoms with van der Waals surface area (Å²) in [5.74, 6) is 0.149. The largest absolute Gasteiger partial charge is 0.396 e. The quantitative estimate of drug-likeness (QED) is 0.870. The Labute approximate surface area is 133 Å². The third-order valence-corrected chi connectivity index (χ3v) is 6.56. The summed E-state index contributed by atoms with van der Waals surface area (Å²) in [6.07, 6.45) is 0. The molecule has 2 aromatic carbocycles. The molecule has 0 aromatic heterocycles. The first-order valence-corrected chi connectivity index (χ1v) is 8.77. The lowest BCUT2D eigenvalue weighted by molar-refractivity contribution is 0.0688. The van der Waals surface area contributed by atoms with Gasteiger partial charge >= 0.3 is 0 Å². The van der Waals surface area contributed by atoms with Crippen LogP contribution in [0, 0.1) is 5.92 Å². The Morgan fingerprint density at radius 3 is 2.19 bits per heavy atom. The number of fused-ring (bicyclic) bond motifs is 1. The summed E-state index contributed by atoms with van der Waals surface area (Å²) in [6.45, 7) is 1.35.